The van der Waals surface area contributed by atoms with Gasteiger partial charge in [-0.1, -0.05) is 13.3 Å². The lowest BCUT2D eigenvalue weighted by Crippen LogP contribution is -2.56. The quantitative estimate of drug-likeness (QED) is 0.760. The Labute approximate surface area is 93.8 Å². The van der Waals surface area contributed by atoms with Crippen molar-refractivity contribution < 1.29 is 23.4 Å². The second-order valence-electron chi connectivity index (χ2n) is 4.22. The second-order valence-corrected chi connectivity index (χ2v) is 4.22. The number of carbonyl (C=O) groups excluding carboxylic acids is 1. The van der Waals surface area contributed by atoms with Gasteiger partial charge in [0.15, 0.2) is 0 Å². The van der Waals surface area contributed by atoms with E-state index >= 15 is 0 Å². The van der Waals surface area contributed by atoms with E-state index in [2.05, 4.69) is 4.74 Å². The first kappa shape index (κ1) is 13.4. The Bertz CT molecular complexity index is 268. The summed E-state index contributed by atoms with van der Waals surface area (Å²) in [5.41, 5.74) is -2.23. The van der Waals surface area contributed by atoms with E-state index in [1.165, 1.54) is 6.92 Å². The summed E-state index contributed by atoms with van der Waals surface area (Å²) in [5.74, 6) is -5.95. The zero-order chi connectivity index (χ0) is 12.4. The van der Waals surface area contributed by atoms with E-state index in [0.29, 0.717) is 19.3 Å². The molecule has 16 heavy (non-hydrogen) atoms. The van der Waals surface area contributed by atoms with E-state index in [-0.39, 0.29) is 13.0 Å². The lowest BCUT2D eigenvalue weighted by molar-refractivity contribution is -0.222. The third-order valence-electron chi connectivity index (χ3n) is 3.35. The van der Waals surface area contributed by atoms with E-state index in [1.807, 2.05) is 0 Å². The number of carbonyl (C=O) groups is 1. The summed E-state index contributed by atoms with van der Waals surface area (Å²) >= 11 is 0. The molecule has 0 heterocycles. The fourth-order valence-corrected chi connectivity index (χ4v) is 2.41. The average molecular weight is 236 g/mol. The van der Waals surface area contributed by atoms with Crippen LogP contribution in [0.5, 0.6) is 0 Å². The van der Waals surface area contributed by atoms with Crippen LogP contribution in [0.15, 0.2) is 0 Å². The number of alkyl halides is 2. The molecule has 2 unspecified atom stereocenters. The first-order valence-corrected chi connectivity index (χ1v) is 5.67. The summed E-state index contributed by atoms with van der Waals surface area (Å²) in [4.78, 5) is 11.2. The summed E-state index contributed by atoms with van der Waals surface area (Å²) in [6.45, 7) is 3.09. The van der Waals surface area contributed by atoms with Crippen LogP contribution in [0.25, 0.3) is 0 Å². The fraction of sp³-hybridized carbons (Fsp3) is 0.909. The molecule has 1 aliphatic rings. The molecule has 0 amide bonds. The molecule has 0 saturated heterocycles. The van der Waals surface area contributed by atoms with Gasteiger partial charge < -0.3 is 9.84 Å². The number of halogens is 2. The van der Waals surface area contributed by atoms with Crippen molar-refractivity contribution in [3.8, 4) is 0 Å². The van der Waals surface area contributed by atoms with Gasteiger partial charge in [0.25, 0.3) is 0 Å². The first-order valence-electron chi connectivity index (χ1n) is 5.67. The lowest BCUT2D eigenvalue weighted by Gasteiger charge is -2.35. The van der Waals surface area contributed by atoms with Gasteiger partial charge in [0, 0.05) is 0 Å². The molecular formula is C11H18F2O3. The molecule has 1 fully saturated rings. The van der Waals surface area contributed by atoms with Crippen LogP contribution >= 0.6 is 0 Å². The predicted octanol–water partition coefficient (Wildman–Crippen LogP) is 2.13. The van der Waals surface area contributed by atoms with Gasteiger partial charge in [-0.15, -0.1) is 0 Å². The van der Waals surface area contributed by atoms with Crippen molar-refractivity contribution in [2.24, 2.45) is 5.92 Å². The highest BCUT2D eigenvalue weighted by atomic mass is 19.3. The highest BCUT2D eigenvalue weighted by Gasteiger charge is 2.64. The van der Waals surface area contributed by atoms with Gasteiger partial charge in [0.2, 0.25) is 0 Å². The van der Waals surface area contributed by atoms with E-state index < -0.39 is 23.4 Å². The highest BCUT2D eigenvalue weighted by Crippen LogP contribution is 2.47. The van der Waals surface area contributed by atoms with Crippen molar-refractivity contribution in [2.75, 3.05) is 6.61 Å². The number of hydrogen-bond donors (Lipinski definition) is 1. The topological polar surface area (TPSA) is 46.5 Å². The molecule has 0 aromatic carbocycles. The molecule has 94 valence electrons. The van der Waals surface area contributed by atoms with E-state index in [4.69, 9.17) is 0 Å². The maximum atomic E-state index is 13.8. The number of ether oxygens (including phenoxy) is 1. The molecule has 0 aromatic rings. The maximum absolute atomic E-state index is 13.8. The molecular weight excluding hydrogens is 218 g/mol. The zero-order valence-corrected chi connectivity index (χ0v) is 9.63. The molecule has 0 spiro atoms. The molecule has 2 atom stereocenters. The maximum Gasteiger partial charge on any atom is 0.380 e. The van der Waals surface area contributed by atoms with Crippen LogP contribution in [0.2, 0.25) is 0 Å². The van der Waals surface area contributed by atoms with Gasteiger partial charge >= 0.3 is 11.9 Å². The number of rotatable bonds is 4. The minimum Gasteiger partial charge on any atom is -0.461 e. The van der Waals surface area contributed by atoms with Crippen LogP contribution in [0, 0.1) is 5.92 Å². The Kier molecular flexibility index (Phi) is 3.88. The van der Waals surface area contributed by atoms with Gasteiger partial charge in [-0.25, -0.2) is 4.79 Å². The number of esters is 1. The Hall–Kier alpha value is -0.710. The molecule has 1 N–H and O–H groups in total. The summed E-state index contributed by atoms with van der Waals surface area (Å²) in [5, 5.41) is 10.0. The molecule has 1 rings (SSSR count). The normalized spacial score (nSPS) is 30.4. The SMILES string of the molecule is CCOC(=O)C(F)(F)C1(O)CCCC1CC. The van der Waals surface area contributed by atoms with Gasteiger partial charge in [-0.05, 0) is 32.1 Å². The van der Waals surface area contributed by atoms with Crippen molar-refractivity contribution in [2.45, 2.75) is 51.1 Å². The molecule has 0 aliphatic heterocycles. The molecule has 0 bridgehead atoms. The standard InChI is InChI=1S/C11H18F2O3/c1-3-8-6-5-7-10(8,15)11(12,13)9(14)16-4-2/h8,15H,3-7H2,1-2H3. The Morgan fingerprint density at radius 2 is 2.19 bits per heavy atom. The van der Waals surface area contributed by atoms with Crippen molar-refractivity contribution >= 4 is 5.97 Å². The summed E-state index contributed by atoms with van der Waals surface area (Å²) < 4.78 is 31.9. The smallest absolute Gasteiger partial charge is 0.380 e. The van der Waals surface area contributed by atoms with Crippen molar-refractivity contribution in [3.05, 3.63) is 0 Å². The monoisotopic (exact) mass is 236 g/mol. The summed E-state index contributed by atoms with van der Waals surface area (Å²) in [6.07, 6.45) is 1.44. The van der Waals surface area contributed by atoms with E-state index in [9.17, 15) is 18.7 Å². The van der Waals surface area contributed by atoms with Crippen LogP contribution in [-0.4, -0.2) is 29.2 Å². The third-order valence-corrected chi connectivity index (χ3v) is 3.35. The Morgan fingerprint density at radius 3 is 2.69 bits per heavy atom. The number of hydrogen-bond acceptors (Lipinski definition) is 3. The minimum atomic E-state index is -3.81. The van der Waals surface area contributed by atoms with Gasteiger partial charge in [-0.3, -0.25) is 0 Å². The van der Waals surface area contributed by atoms with Crippen molar-refractivity contribution in [1.82, 2.24) is 0 Å². The summed E-state index contributed by atoms with van der Waals surface area (Å²) in [7, 11) is 0. The fourth-order valence-electron chi connectivity index (χ4n) is 2.41. The van der Waals surface area contributed by atoms with Gasteiger partial charge in [-0.2, -0.15) is 8.78 Å². The molecule has 1 aliphatic carbocycles. The van der Waals surface area contributed by atoms with Crippen molar-refractivity contribution in [1.29, 1.82) is 0 Å². The van der Waals surface area contributed by atoms with Crippen LogP contribution in [0.3, 0.4) is 0 Å². The van der Waals surface area contributed by atoms with Crippen LogP contribution in [0.1, 0.15) is 39.5 Å². The van der Waals surface area contributed by atoms with Gasteiger partial charge in [0.1, 0.15) is 5.60 Å². The first-order chi connectivity index (χ1) is 7.40. The van der Waals surface area contributed by atoms with E-state index in [1.54, 1.807) is 6.92 Å². The van der Waals surface area contributed by atoms with E-state index in [0.717, 1.165) is 0 Å². The largest absolute Gasteiger partial charge is 0.461 e. The Morgan fingerprint density at radius 1 is 1.56 bits per heavy atom. The highest BCUT2D eigenvalue weighted by molar-refractivity contribution is 5.79. The van der Waals surface area contributed by atoms with Crippen LogP contribution in [0.4, 0.5) is 8.78 Å². The minimum absolute atomic E-state index is 0.0443. The van der Waals surface area contributed by atoms with Crippen LogP contribution < -0.4 is 0 Å². The average Bonchev–Trinajstić information content (AvgIpc) is 2.61. The zero-order valence-electron chi connectivity index (χ0n) is 9.63. The molecule has 1 saturated carbocycles. The van der Waals surface area contributed by atoms with Crippen LogP contribution in [-0.2, 0) is 9.53 Å². The second kappa shape index (κ2) is 4.65. The predicted molar refractivity (Wildman–Crippen MR) is 54.2 cm³/mol. The molecule has 5 heteroatoms. The van der Waals surface area contributed by atoms with Crippen molar-refractivity contribution in [3.63, 3.8) is 0 Å². The summed E-state index contributed by atoms with van der Waals surface area (Å²) in [6, 6.07) is 0. The van der Waals surface area contributed by atoms with Gasteiger partial charge in [0.05, 0.1) is 6.61 Å². The molecule has 3 nitrogen and oxygen atoms in total. The lowest BCUT2D eigenvalue weighted by atomic mass is 9.83. The molecule has 0 aromatic heterocycles. The third kappa shape index (κ3) is 1.93. The molecule has 0 radical (unpaired) electrons. The number of aliphatic hydroxyl groups is 1. The Balaban J connectivity index is 2.92.